The highest BCUT2D eigenvalue weighted by Gasteiger charge is 2.37. The normalized spacial score (nSPS) is 16.2. The van der Waals surface area contributed by atoms with Crippen molar-refractivity contribution >= 4 is 17.4 Å². The van der Waals surface area contributed by atoms with Gasteiger partial charge in [0.05, 0.1) is 17.4 Å². The number of furan rings is 1. The molecule has 3 rings (SSSR count). The molecule has 114 valence electrons. The zero-order chi connectivity index (χ0) is 15.9. The molecule has 0 unspecified atom stereocenters. The standard InChI is InChI=1S/C17H18N2O3/c1-10-14-12(20)7-17(2,3)8-13(14)22-15(10)16(21)19-11-5-4-6-18-9-11/h4-6,9H,7-8H2,1-3H3,(H,19,21). The molecule has 1 aliphatic carbocycles. The maximum absolute atomic E-state index is 12.4. The van der Waals surface area contributed by atoms with E-state index in [1.54, 1.807) is 31.5 Å². The van der Waals surface area contributed by atoms with Gasteiger partial charge in [-0.1, -0.05) is 13.8 Å². The van der Waals surface area contributed by atoms with Gasteiger partial charge in [-0.15, -0.1) is 0 Å². The minimum absolute atomic E-state index is 0.0490. The molecule has 1 aliphatic rings. The van der Waals surface area contributed by atoms with Crippen molar-refractivity contribution in [2.75, 3.05) is 5.32 Å². The number of pyridine rings is 1. The Morgan fingerprint density at radius 1 is 1.36 bits per heavy atom. The maximum Gasteiger partial charge on any atom is 0.291 e. The van der Waals surface area contributed by atoms with E-state index < -0.39 is 0 Å². The molecular formula is C17H18N2O3. The minimum atomic E-state index is -0.356. The maximum atomic E-state index is 12.4. The first kappa shape index (κ1) is 14.5. The lowest BCUT2D eigenvalue weighted by molar-refractivity contribution is 0.0898. The van der Waals surface area contributed by atoms with E-state index in [0.717, 1.165) is 0 Å². The number of hydrogen-bond donors (Lipinski definition) is 1. The first-order valence-electron chi connectivity index (χ1n) is 7.24. The number of hydrogen-bond acceptors (Lipinski definition) is 4. The van der Waals surface area contributed by atoms with E-state index in [1.165, 1.54) is 0 Å². The molecule has 0 saturated carbocycles. The van der Waals surface area contributed by atoms with Crippen LogP contribution in [0.15, 0.2) is 28.9 Å². The molecule has 0 spiro atoms. The van der Waals surface area contributed by atoms with Gasteiger partial charge >= 0.3 is 0 Å². The zero-order valence-electron chi connectivity index (χ0n) is 12.9. The van der Waals surface area contributed by atoms with Crippen LogP contribution in [0, 0.1) is 12.3 Å². The third-order valence-electron chi connectivity index (χ3n) is 3.90. The van der Waals surface area contributed by atoms with Crippen molar-refractivity contribution in [2.24, 2.45) is 5.41 Å². The summed E-state index contributed by atoms with van der Waals surface area (Å²) in [5.74, 6) is 0.522. The van der Waals surface area contributed by atoms with Crippen LogP contribution in [-0.4, -0.2) is 16.7 Å². The molecule has 5 nitrogen and oxygen atoms in total. The summed E-state index contributed by atoms with van der Waals surface area (Å²) in [6, 6.07) is 3.49. The van der Waals surface area contributed by atoms with Crippen LogP contribution in [0.1, 0.15) is 52.5 Å². The molecule has 2 heterocycles. The van der Waals surface area contributed by atoms with Crippen LogP contribution in [0.2, 0.25) is 0 Å². The van der Waals surface area contributed by atoms with E-state index >= 15 is 0 Å². The van der Waals surface area contributed by atoms with Crippen molar-refractivity contribution in [3.05, 3.63) is 47.2 Å². The molecule has 0 radical (unpaired) electrons. The van der Waals surface area contributed by atoms with Gasteiger partial charge in [-0.2, -0.15) is 0 Å². The fourth-order valence-corrected chi connectivity index (χ4v) is 2.92. The van der Waals surface area contributed by atoms with E-state index in [4.69, 9.17) is 4.42 Å². The SMILES string of the molecule is Cc1c(C(=O)Nc2cccnc2)oc2c1C(=O)CC(C)(C)C2. The number of amides is 1. The van der Waals surface area contributed by atoms with Crippen LogP contribution >= 0.6 is 0 Å². The molecule has 0 fully saturated rings. The largest absolute Gasteiger partial charge is 0.455 e. The number of Topliss-reactive ketones (excluding diaryl/α,β-unsaturated/α-hetero) is 1. The van der Waals surface area contributed by atoms with E-state index in [-0.39, 0.29) is 22.9 Å². The molecule has 0 aromatic carbocycles. The Morgan fingerprint density at radius 2 is 2.14 bits per heavy atom. The van der Waals surface area contributed by atoms with Crippen molar-refractivity contribution in [3.63, 3.8) is 0 Å². The van der Waals surface area contributed by atoms with Gasteiger partial charge in [-0.05, 0) is 24.5 Å². The van der Waals surface area contributed by atoms with Gasteiger partial charge in [0.15, 0.2) is 11.5 Å². The number of nitrogens with zero attached hydrogens (tertiary/aromatic N) is 1. The lowest BCUT2D eigenvalue weighted by Gasteiger charge is -2.27. The van der Waals surface area contributed by atoms with Crippen LogP contribution in [-0.2, 0) is 6.42 Å². The highest BCUT2D eigenvalue weighted by molar-refractivity contribution is 6.07. The zero-order valence-corrected chi connectivity index (χ0v) is 12.9. The number of aromatic nitrogens is 1. The van der Waals surface area contributed by atoms with Gasteiger partial charge in [-0.3, -0.25) is 14.6 Å². The fourth-order valence-electron chi connectivity index (χ4n) is 2.92. The molecule has 22 heavy (non-hydrogen) atoms. The third-order valence-corrected chi connectivity index (χ3v) is 3.90. The summed E-state index contributed by atoms with van der Waals surface area (Å²) >= 11 is 0. The third kappa shape index (κ3) is 2.54. The number of carbonyl (C=O) groups is 2. The van der Waals surface area contributed by atoms with Crippen LogP contribution < -0.4 is 5.32 Å². The Labute approximate surface area is 128 Å². The van der Waals surface area contributed by atoms with Crippen molar-refractivity contribution in [3.8, 4) is 0 Å². The number of rotatable bonds is 2. The average molecular weight is 298 g/mol. The number of anilines is 1. The molecule has 1 amide bonds. The second-order valence-electron chi connectivity index (χ2n) is 6.49. The van der Waals surface area contributed by atoms with E-state index in [1.807, 2.05) is 13.8 Å². The molecule has 2 aromatic rings. The van der Waals surface area contributed by atoms with Crippen molar-refractivity contribution < 1.29 is 14.0 Å². The molecule has 0 saturated heterocycles. The van der Waals surface area contributed by atoms with E-state index in [2.05, 4.69) is 10.3 Å². The Kier molecular flexibility index (Phi) is 3.35. The predicted molar refractivity (Wildman–Crippen MR) is 82.1 cm³/mol. The highest BCUT2D eigenvalue weighted by atomic mass is 16.4. The Hall–Kier alpha value is -2.43. The quantitative estimate of drug-likeness (QED) is 0.922. The van der Waals surface area contributed by atoms with Crippen molar-refractivity contribution in [1.82, 2.24) is 4.98 Å². The lowest BCUT2D eigenvalue weighted by Crippen LogP contribution is -2.26. The van der Waals surface area contributed by atoms with Gasteiger partial charge in [-0.25, -0.2) is 0 Å². The van der Waals surface area contributed by atoms with Crippen LogP contribution in [0.4, 0.5) is 5.69 Å². The number of nitrogens with one attached hydrogen (secondary N) is 1. The first-order valence-corrected chi connectivity index (χ1v) is 7.24. The first-order chi connectivity index (χ1) is 10.4. The molecule has 0 aliphatic heterocycles. The number of ketones is 1. The summed E-state index contributed by atoms with van der Waals surface area (Å²) in [4.78, 5) is 28.6. The number of fused-ring (bicyclic) bond motifs is 1. The Morgan fingerprint density at radius 3 is 2.82 bits per heavy atom. The second-order valence-corrected chi connectivity index (χ2v) is 6.49. The second kappa shape index (κ2) is 5.09. The van der Waals surface area contributed by atoms with Gasteiger partial charge in [0.2, 0.25) is 0 Å². The van der Waals surface area contributed by atoms with E-state index in [0.29, 0.717) is 35.4 Å². The van der Waals surface area contributed by atoms with Gasteiger partial charge in [0, 0.05) is 24.6 Å². The molecular weight excluding hydrogens is 280 g/mol. The summed E-state index contributed by atoms with van der Waals surface area (Å²) in [6.45, 7) is 5.82. The summed E-state index contributed by atoms with van der Waals surface area (Å²) in [5.41, 5.74) is 1.66. The Balaban J connectivity index is 1.93. The molecule has 1 N–H and O–H groups in total. The summed E-state index contributed by atoms with van der Waals surface area (Å²) in [6.07, 6.45) is 4.33. The summed E-state index contributed by atoms with van der Waals surface area (Å²) in [5, 5.41) is 2.74. The average Bonchev–Trinajstić information content (AvgIpc) is 2.75. The van der Waals surface area contributed by atoms with Crippen LogP contribution in [0.5, 0.6) is 0 Å². The van der Waals surface area contributed by atoms with E-state index in [9.17, 15) is 9.59 Å². The van der Waals surface area contributed by atoms with Crippen LogP contribution in [0.3, 0.4) is 0 Å². The van der Waals surface area contributed by atoms with Gasteiger partial charge < -0.3 is 9.73 Å². The van der Waals surface area contributed by atoms with Crippen LogP contribution in [0.25, 0.3) is 0 Å². The highest BCUT2D eigenvalue weighted by Crippen LogP contribution is 2.38. The van der Waals surface area contributed by atoms with Gasteiger partial charge in [0.25, 0.3) is 5.91 Å². The fraction of sp³-hybridized carbons (Fsp3) is 0.353. The van der Waals surface area contributed by atoms with Gasteiger partial charge in [0.1, 0.15) is 5.76 Å². The monoisotopic (exact) mass is 298 g/mol. The topological polar surface area (TPSA) is 72.2 Å². The lowest BCUT2D eigenvalue weighted by atomic mass is 9.76. The minimum Gasteiger partial charge on any atom is -0.455 e. The molecule has 2 aromatic heterocycles. The molecule has 5 heteroatoms. The predicted octanol–water partition coefficient (Wildman–Crippen LogP) is 3.39. The number of carbonyl (C=O) groups excluding carboxylic acids is 2. The Bertz CT molecular complexity index is 745. The van der Waals surface area contributed by atoms with Crippen molar-refractivity contribution in [1.29, 1.82) is 0 Å². The molecule has 0 atom stereocenters. The smallest absolute Gasteiger partial charge is 0.291 e. The summed E-state index contributed by atoms with van der Waals surface area (Å²) in [7, 11) is 0. The molecule has 0 bridgehead atoms. The summed E-state index contributed by atoms with van der Waals surface area (Å²) < 4.78 is 5.72. The van der Waals surface area contributed by atoms with Crippen molar-refractivity contribution in [2.45, 2.75) is 33.6 Å².